The lowest BCUT2D eigenvalue weighted by atomic mass is 10.4. The lowest BCUT2D eigenvalue weighted by molar-refractivity contribution is 0.573. The minimum atomic E-state index is -3.64. The fraction of sp³-hybridized carbons (Fsp3) is 0.417. The van der Waals surface area contributed by atoms with Crippen molar-refractivity contribution < 1.29 is 16.8 Å². The Hall–Kier alpha value is -1.65. The first kappa shape index (κ1) is 16.7. The molecule has 0 aromatic carbocycles. The molecule has 2 rings (SSSR count). The van der Waals surface area contributed by atoms with Crippen LogP contribution in [0.5, 0.6) is 0 Å². The quantitative estimate of drug-likeness (QED) is 0.754. The van der Waals surface area contributed by atoms with Gasteiger partial charge in [-0.2, -0.15) is 5.10 Å². The van der Waals surface area contributed by atoms with Crippen LogP contribution in [0.25, 0.3) is 5.52 Å². The van der Waals surface area contributed by atoms with Crippen LogP contribution in [0.15, 0.2) is 30.6 Å². The third-order valence-corrected chi connectivity index (χ3v) is 6.10. The molecule has 10 heteroatoms. The summed E-state index contributed by atoms with van der Waals surface area (Å²) in [7, 11) is -7.11. The lowest BCUT2D eigenvalue weighted by Gasteiger charge is -2.11. The van der Waals surface area contributed by atoms with Gasteiger partial charge in [-0.3, -0.25) is 4.72 Å². The molecular formula is C12H18N4O4S2. The molecule has 0 spiro atoms. The highest BCUT2D eigenvalue weighted by Crippen LogP contribution is 2.13. The normalized spacial score (nSPS) is 12.9. The molecule has 0 unspecified atom stereocenters. The molecule has 0 fully saturated rings. The van der Waals surface area contributed by atoms with Gasteiger partial charge in [0.2, 0.25) is 20.0 Å². The van der Waals surface area contributed by atoms with Crippen molar-refractivity contribution in [3.63, 3.8) is 0 Å². The number of pyridine rings is 1. The zero-order chi connectivity index (χ0) is 16.4. The summed E-state index contributed by atoms with van der Waals surface area (Å²) in [5.41, 5.74) is 1.15. The predicted octanol–water partition coefficient (Wildman–Crippen LogP) is 0.404. The average molecular weight is 346 g/mol. The molecule has 0 aliphatic carbocycles. The van der Waals surface area contributed by atoms with E-state index in [1.165, 1.54) is 13.8 Å². The molecule has 122 valence electrons. The van der Waals surface area contributed by atoms with Crippen LogP contribution in [0.1, 0.15) is 13.8 Å². The summed E-state index contributed by atoms with van der Waals surface area (Å²) in [6.07, 6.45) is 3.24. The number of hydrogen-bond donors (Lipinski definition) is 2. The zero-order valence-corrected chi connectivity index (χ0v) is 13.9. The van der Waals surface area contributed by atoms with Crippen molar-refractivity contribution in [1.82, 2.24) is 14.3 Å². The summed E-state index contributed by atoms with van der Waals surface area (Å²) in [6.45, 7) is 2.87. The minimum Gasteiger partial charge on any atom is -0.283 e. The van der Waals surface area contributed by atoms with Gasteiger partial charge in [-0.05, 0) is 32.0 Å². The molecule has 8 nitrogen and oxygen atoms in total. The van der Waals surface area contributed by atoms with Crippen molar-refractivity contribution in [3.8, 4) is 0 Å². The maximum atomic E-state index is 12.0. The van der Waals surface area contributed by atoms with E-state index in [2.05, 4.69) is 14.5 Å². The van der Waals surface area contributed by atoms with Crippen LogP contribution in [-0.4, -0.2) is 44.0 Å². The van der Waals surface area contributed by atoms with E-state index in [-0.39, 0.29) is 12.3 Å². The van der Waals surface area contributed by atoms with Crippen molar-refractivity contribution in [1.29, 1.82) is 0 Å². The van der Waals surface area contributed by atoms with Gasteiger partial charge in [0.1, 0.15) is 0 Å². The van der Waals surface area contributed by atoms with Gasteiger partial charge >= 0.3 is 0 Å². The third kappa shape index (κ3) is 4.18. The van der Waals surface area contributed by atoms with Crippen LogP contribution in [-0.2, 0) is 20.0 Å². The van der Waals surface area contributed by atoms with Crippen LogP contribution in [0, 0.1) is 0 Å². The second-order valence-corrected chi connectivity index (χ2v) is 9.19. The van der Waals surface area contributed by atoms with Crippen LogP contribution < -0.4 is 9.44 Å². The average Bonchev–Trinajstić information content (AvgIpc) is 2.84. The monoisotopic (exact) mass is 346 g/mol. The Morgan fingerprint density at radius 2 is 1.95 bits per heavy atom. The number of rotatable bonds is 7. The first-order chi connectivity index (χ1) is 10.2. The van der Waals surface area contributed by atoms with E-state index in [4.69, 9.17) is 0 Å². The highest BCUT2D eigenvalue weighted by Gasteiger charge is 2.17. The highest BCUT2D eigenvalue weighted by molar-refractivity contribution is 7.93. The molecule has 2 N–H and O–H groups in total. The predicted molar refractivity (Wildman–Crippen MR) is 84.7 cm³/mol. The number of anilines is 1. The van der Waals surface area contributed by atoms with Crippen LogP contribution in [0.2, 0.25) is 0 Å². The summed E-state index contributed by atoms with van der Waals surface area (Å²) in [6, 6.07) is 4.97. The topological polar surface area (TPSA) is 110 Å². The summed E-state index contributed by atoms with van der Waals surface area (Å²) in [4.78, 5) is 0. The molecule has 0 aliphatic heterocycles. The van der Waals surface area contributed by atoms with Crippen LogP contribution in [0.3, 0.4) is 0 Å². The number of aromatic nitrogens is 2. The van der Waals surface area contributed by atoms with Crippen molar-refractivity contribution in [2.45, 2.75) is 19.1 Å². The Bertz CT molecular complexity index is 856. The van der Waals surface area contributed by atoms with Gasteiger partial charge in [0.15, 0.2) is 0 Å². The Kier molecular flexibility index (Phi) is 4.73. The molecule has 2 aromatic heterocycles. The molecule has 0 bridgehead atoms. The van der Waals surface area contributed by atoms with E-state index in [0.717, 1.165) is 5.52 Å². The Morgan fingerprint density at radius 3 is 2.64 bits per heavy atom. The first-order valence-electron chi connectivity index (χ1n) is 6.62. The van der Waals surface area contributed by atoms with Gasteiger partial charge in [-0.25, -0.2) is 26.1 Å². The molecule has 0 radical (unpaired) electrons. The van der Waals surface area contributed by atoms with Crippen LogP contribution >= 0.6 is 0 Å². The largest absolute Gasteiger partial charge is 0.283 e. The molecule has 0 saturated heterocycles. The fourth-order valence-electron chi connectivity index (χ4n) is 1.70. The number of fused-ring (bicyclic) bond motifs is 1. The number of nitrogens with one attached hydrogen (secondary N) is 2. The Morgan fingerprint density at radius 1 is 1.23 bits per heavy atom. The summed E-state index contributed by atoms with van der Waals surface area (Å²) in [5.74, 6) is -0.344. The van der Waals surface area contributed by atoms with Crippen molar-refractivity contribution >= 4 is 31.3 Å². The van der Waals surface area contributed by atoms with Gasteiger partial charge in [0.05, 0.1) is 22.2 Å². The van der Waals surface area contributed by atoms with E-state index >= 15 is 0 Å². The summed E-state index contributed by atoms with van der Waals surface area (Å²) >= 11 is 0. The smallest absolute Gasteiger partial charge is 0.234 e. The van der Waals surface area contributed by atoms with Gasteiger partial charge in [0, 0.05) is 18.9 Å². The zero-order valence-electron chi connectivity index (χ0n) is 12.2. The number of nitrogens with zero attached hydrogens (tertiary/aromatic N) is 2. The summed E-state index contributed by atoms with van der Waals surface area (Å²) < 4.78 is 53.3. The Labute approximate surface area is 129 Å². The van der Waals surface area contributed by atoms with E-state index in [9.17, 15) is 16.8 Å². The SMILES string of the molecule is CC(C)S(=O)(=O)NCCS(=O)(=O)Nc1ccn2nccc2c1. The summed E-state index contributed by atoms with van der Waals surface area (Å²) in [5, 5.41) is 3.41. The van der Waals surface area contributed by atoms with E-state index in [1.807, 2.05) is 0 Å². The maximum absolute atomic E-state index is 12.0. The molecule has 0 saturated carbocycles. The third-order valence-electron chi connectivity index (χ3n) is 2.97. The second kappa shape index (κ2) is 6.23. The van der Waals surface area contributed by atoms with E-state index < -0.39 is 25.3 Å². The highest BCUT2D eigenvalue weighted by atomic mass is 32.2. The molecule has 22 heavy (non-hydrogen) atoms. The number of hydrogen-bond acceptors (Lipinski definition) is 5. The Balaban J connectivity index is 1.99. The molecule has 2 aromatic rings. The van der Waals surface area contributed by atoms with E-state index in [1.54, 1.807) is 35.1 Å². The molecule has 0 amide bonds. The standard InChI is InChI=1S/C12H18N4O4S2/c1-10(2)22(19,20)14-6-8-21(17,18)15-11-4-7-16-12(9-11)3-5-13-16/h3-5,7,9-10,14-15H,6,8H2,1-2H3. The second-order valence-electron chi connectivity index (χ2n) is 5.03. The minimum absolute atomic E-state index is 0.176. The van der Waals surface area contributed by atoms with E-state index in [0.29, 0.717) is 5.69 Å². The van der Waals surface area contributed by atoms with Gasteiger partial charge in [0.25, 0.3) is 0 Å². The van der Waals surface area contributed by atoms with Crippen molar-refractivity contribution in [2.24, 2.45) is 0 Å². The van der Waals surface area contributed by atoms with Crippen molar-refractivity contribution in [2.75, 3.05) is 17.0 Å². The van der Waals surface area contributed by atoms with Gasteiger partial charge < -0.3 is 0 Å². The lowest BCUT2D eigenvalue weighted by Crippen LogP contribution is -2.35. The maximum Gasteiger partial charge on any atom is 0.234 e. The van der Waals surface area contributed by atoms with Gasteiger partial charge in [-0.1, -0.05) is 0 Å². The molecule has 2 heterocycles. The molecule has 0 aliphatic rings. The molecular weight excluding hydrogens is 328 g/mol. The van der Waals surface area contributed by atoms with Crippen molar-refractivity contribution in [3.05, 3.63) is 30.6 Å². The fourth-order valence-corrected chi connectivity index (χ4v) is 3.51. The molecule has 0 atom stereocenters. The first-order valence-corrected chi connectivity index (χ1v) is 9.82. The number of sulfonamides is 2. The van der Waals surface area contributed by atoms with Crippen LogP contribution in [0.4, 0.5) is 5.69 Å². The van der Waals surface area contributed by atoms with Gasteiger partial charge in [-0.15, -0.1) is 0 Å².